The van der Waals surface area contributed by atoms with Crippen molar-refractivity contribution in [3.63, 3.8) is 0 Å². The van der Waals surface area contributed by atoms with Crippen LogP contribution in [0.25, 0.3) is 11.5 Å². The Kier molecular flexibility index (Phi) is 6.73. The highest BCUT2D eigenvalue weighted by Crippen LogP contribution is 2.19. The minimum absolute atomic E-state index is 0.0107. The van der Waals surface area contributed by atoms with Gasteiger partial charge in [-0.3, -0.25) is 9.00 Å². The van der Waals surface area contributed by atoms with Gasteiger partial charge < -0.3 is 9.73 Å². The Balaban J connectivity index is 1.91. The molecule has 0 aliphatic carbocycles. The van der Waals surface area contributed by atoms with Crippen LogP contribution in [0, 0.1) is 6.92 Å². The fraction of sp³-hybridized carbons (Fsp3) is 0.444. The first-order valence-corrected chi connectivity index (χ1v) is 9.66. The number of carbonyl (C=O) groups is 1. The summed E-state index contributed by atoms with van der Waals surface area (Å²) < 4.78 is 17.6. The number of aryl methyl sites for hydroxylation is 1. The highest BCUT2D eigenvalue weighted by Gasteiger charge is 2.14. The molecule has 24 heavy (non-hydrogen) atoms. The number of hydrogen-bond donors (Lipinski definition) is 1. The topological polar surface area (TPSA) is 72.2 Å². The van der Waals surface area contributed by atoms with Crippen LogP contribution < -0.4 is 5.32 Å². The number of aromatic nitrogens is 1. The summed E-state index contributed by atoms with van der Waals surface area (Å²) in [5, 5.41) is 2.89. The van der Waals surface area contributed by atoms with Gasteiger partial charge in [0.25, 0.3) is 0 Å². The highest BCUT2D eigenvalue weighted by atomic mass is 32.2. The van der Waals surface area contributed by atoms with Gasteiger partial charge in [0, 0.05) is 22.4 Å². The standard InChI is InChI=1S/C18H24N2O3S/c1-4-15(5-2)19-17(21)12-24(22)11-16-10-23-18(20-16)14-8-6-13(3)7-9-14/h6-10,15H,4-5,11-12H2,1-3H3,(H,19,21). The van der Waals surface area contributed by atoms with Gasteiger partial charge in [-0.05, 0) is 31.9 Å². The minimum Gasteiger partial charge on any atom is -0.444 e. The van der Waals surface area contributed by atoms with Crippen LogP contribution in [0.2, 0.25) is 0 Å². The fourth-order valence-corrected chi connectivity index (χ4v) is 3.27. The van der Waals surface area contributed by atoms with Crippen molar-refractivity contribution >= 4 is 16.7 Å². The number of carbonyl (C=O) groups excluding carboxylic acids is 1. The van der Waals surface area contributed by atoms with Crippen molar-refractivity contribution in [1.82, 2.24) is 10.3 Å². The van der Waals surface area contributed by atoms with E-state index >= 15 is 0 Å². The fourth-order valence-electron chi connectivity index (χ4n) is 2.33. The largest absolute Gasteiger partial charge is 0.444 e. The quantitative estimate of drug-likeness (QED) is 0.795. The van der Waals surface area contributed by atoms with Crippen LogP contribution in [0.4, 0.5) is 0 Å². The van der Waals surface area contributed by atoms with Crippen molar-refractivity contribution in [2.45, 2.75) is 45.4 Å². The number of oxazole rings is 1. The first-order chi connectivity index (χ1) is 11.5. The molecular formula is C18H24N2O3S. The summed E-state index contributed by atoms with van der Waals surface area (Å²) in [6, 6.07) is 7.99. The predicted octanol–water partition coefficient (Wildman–Crippen LogP) is 3.20. The molecule has 0 radical (unpaired) electrons. The number of amides is 1. The zero-order chi connectivity index (χ0) is 17.5. The van der Waals surface area contributed by atoms with Crippen molar-refractivity contribution in [1.29, 1.82) is 0 Å². The molecule has 0 saturated heterocycles. The molecule has 0 bridgehead atoms. The van der Waals surface area contributed by atoms with Gasteiger partial charge in [0.15, 0.2) is 0 Å². The van der Waals surface area contributed by atoms with Gasteiger partial charge in [0.2, 0.25) is 11.8 Å². The maximum atomic E-state index is 12.1. The van der Waals surface area contributed by atoms with Crippen molar-refractivity contribution in [2.75, 3.05) is 5.75 Å². The Morgan fingerprint density at radius 1 is 1.25 bits per heavy atom. The zero-order valence-electron chi connectivity index (χ0n) is 14.4. The first-order valence-electron chi connectivity index (χ1n) is 8.17. The summed E-state index contributed by atoms with van der Waals surface area (Å²) in [7, 11) is -1.30. The molecule has 0 aliphatic heterocycles. The summed E-state index contributed by atoms with van der Waals surface area (Å²) in [4.78, 5) is 16.2. The van der Waals surface area contributed by atoms with Crippen LogP contribution in [0.3, 0.4) is 0 Å². The summed E-state index contributed by atoms with van der Waals surface area (Å²) in [5.74, 6) is 0.530. The molecular weight excluding hydrogens is 324 g/mol. The third kappa shape index (κ3) is 5.30. The summed E-state index contributed by atoms with van der Waals surface area (Å²) in [6.45, 7) is 6.06. The molecule has 0 fully saturated rings. The predicted molar refractivity (Wildman–Crippen MR) is 95.9 cm³/mol. The van der Waals surface area contributed by atoms with Gasteiger partial charge in [-0.2, -0.15) is 0 Å². The maximum absolute atomic E-state index is 12.1. The number of nitrogens with zero attached hydrogens (tertiary/aromatic N) is 1. The Bertz CT molecular complexity index is 691. The van der Waals surface area contributed by atoms with Gasteiger partial charge in [0.05, 0.1) is 11.4 Å². The third-order valence-corrected chi connectivity index (χ3v) is 5.00. The van der Waals surface area contributed by atoms with Crippen molar-refractivity contribution < 1.29 is 13.4 Å². The second-order valence-electron chi connectivity index (χ2n) is 5.82. The van der Waals surface area contributed by atoms with E-state index in [4.69, 9.17) is 4.42 Å². The second-order valence-corrected chi connectivity index (χ2v) is 7.28. The SMILES string of the molecule is CCC(CC)NC(=O)CS(=O)Cc1coc(-c2ccc(C)cc2)n1. The molecule has 1 unspecified atom stereocenters. The van der Waals surface area contributed by atoms with E-state index in [0.717, 1.165) is 24.0 Å². The molecule has 2 aromatic rings. The van der Waals surface area contributed by atoms with E-state index in [1.165, 1.54) is 6.26 Å². The monoisotopic (exact) mass is 348 g/mol. The molecule has 1 aromatic carbocycles. The van der Waals surface area contributed by atoms with Gasteiger partial charge in [-0.1, -0.05) is 31.5 Å². The van der Waals surface area contributed by atoms with Gasteiger partial charge >= 0.3 is 0 Å². The summed E-state index contributed by atoms with van der Waals surface area (Å²) >= 11 is 0. The molecule has 1 heterocycles. The van der Waals surface area contributed by atoms with Gasteiger partial charge in [-0.25, -0.2) is 4.98 Å². The number of rotatable bonds is 8. The van der Waals surface area contributed by atoms with Crippen LogP contribution in [0.15, 0.2) is 34.9 Å². The number of nitrogens with one attached hydrogen (secondary N) is 1. The smallest absolute Gasteiger partial charge is 0.232 e. The van der Waals surface area contributed by atoms with E-state index in [1.54, 1.807) is 0 Å². The van der Waals surface area contributed by atoms with Crippen LogP contribution in [0.1, 0.15) is 37.9 Å². The molecule has 6 heteroatoms. The van der Waals surface area contributed by atoms with Crippen molar-refractivity contribution in [2.24, 2.45) is 0 Å². The molecule has 0 aliphatic rings. The lowest BCUT2D eigenvalue weighted by atomic mass is 10.1. The van der Waals surface area contributed by atoms with Gasteiger partial charge in [-0.15, -0.1) is 0 Å². The van der Waals surface area contributed by atoms with E-state index in [9.17, 15) is 9.00 Å². The lowest BCUT2D eigenvalue weighted by Gasteiger charge is -2.14. The van der Waals surface area contributed by atoms with Crippen LogP contribution in [-0.4, -0.2) is 26.9 Å². The van der Waals surface area contributed by atoms with Gasteiger partial charge in [0.1, 0.15) is 12.0 Å². The Morgan fingerprint density at radius 3 is 2.54 bits per heavy atom. The maximum Gasteiger partial charge on any atom is 0.232 e. The summed E-state index contributed by atoms with van der Waals surface area (Å²) in [6.07, 6.45) is 3.25. The lowest BCUT2D eigenvalue weighted by Crippen LogP contribution is -2.36. The van der Waals surface area contributed by atoms with Crippen molar-refractivity contribution in [3.8, 4) is 11.5 Å². The summed E-state index contributed by atoms with van der Waals surface area (Å²) in [5.41, 5.74) is 2.64. The van der Waals surface area contributed by atoms with Crippen LogP contribution >= 0.6 is 0 Å². The molecule has 1 aromatic heterocycles. The molecule has 1 amide bonds. The van der Waals surface area contributed by atoms with Crippen LogP contribution in [0.5, 0.6) is 0 Å². The number of benzene rings is 1. The molecule has 2 rings (SSSR count). The molecule has 0 saturated carbocycles. The van der Waals surface area contributed by atoms with Crippen molar-refractivity contribution in [3.05, 3.63) is 41.8 Å². The van der Waals surface area contributed by atoms with E-state index in [0.29, 0.717) is 11.6 Å². The van der Waals surface area contributed by atoms with Crippen LogP contribution in [-0.2, 0) is 21.3 Å². The van der Waals surface area contributed by atoms with E-state index in [1.807, 2.05) is 45.0 Å². The normalized spacial score (nSPS) is 12.3. The minimum atomic E-state index is -1.30. The Hall–Kier alpha value is -1.95. The van der Waals surface area contributed by atoms with E-state index in [2.05, 4.69) is 10.3 Å². The third-order valence-electron chi connectivity index (χ3n) is 3.80. The molecule has 5 nitrogen and oxygen atoms in total. The number of hydrogen-bond acceptors (Lipinski definition) is 4. The molecule has 1 N–H and O–H groups in total. The average Bonchev–Trinajstić information content (AvgIpc) is 3.01. The highest BCUT2D eigenvalue weighted by molar-refractivity contribution is 7.84. The molecule has 1 atom stereocenters. The van der Waals surface area contributed by atoms with E-state index < -0.39 is 10.8 Å². The molecule has 130 valence electrons. The second kappa shape index (κ2) is 8.78. The van der Waals surface area contributed by atoms with E-state index in [-0.39, 0.29) is 23.5 Å². The Morgan fingerprint density at radius 2 is 1.92 bits per heavy atom. The first kappa shape index (κ1) is 18.4. The zero-order valence-corrected chi connectivity index (χ0v) is 15.2. The average molecular weight is 348 g/mol. The molecule has 0 spiro atoms. The lowest BCUT2D eigenvalue weighted by molar-refractivity contribution is -0.119. The Labute approximate surface area is 145 Å².